The number of carbonyl (C=O) groups is 2. The molecule has 1 atom stereocenters. The molecule has 0 aliphatic heterocycles. The Morgan fingerprint density at radius 1 is 1.32 bits per heavy atom. The summed E-state index contributed by atoms with van der Waals surface area (Å²) in [7, 11) is 0. The highest BCUT2D eigenvalue weighted by molar-refractivity contribution is 6.30. The van der Waals surface area contributed by atoms with Crippen molar-refractivity contribution in [3.63, 3.8) is 0 Å². The van der Waals surface area contributed by atoms with Crippen molar-refractivity contribution in [3.8, 4) is 5.75 Å². The van der Waals surface area contributed by atoms with E-state index in [1.807, 2.05) is 19.1 Å². The van der Waals surface area contributed by atoms with Crippen LogP contribution in [-0.4, -0.2) is 28.6 Å². The molecule has 6 heteroatoms. The van der Waals surface area contributed by atoms with E-state index in [0.29, 0.717) is 17.2 Å². The average molecular weight is 368 g/mol. The Kier molecular flexibility index (Phi) is 7.49. The van der Waals surface area contributed by atoms with Crippen LogP contribution in [0.4, 0.5) is 0 Å². The van der Waals surface area contributed by atoms with E-state index < -0.39 is 17.6 Å². The van der Waals surface area contributed by atoms with Crippen LogP contribution in [0.1, 0.15) is 52.5 Å². The molecule has 0 saturated carbocycles. The third kappa shape index (κ3) is 7.18. The fraction of sp³-hybridized carbons (Fsp3) is 0.474. The number of aliphatic carboxylic acids is 1. The Bertz CT molecular complexity index is 653. The molecule has 25 heavy (non-hydrogen) atoms. The van der Waals surface area contributed by atoms with Crippen LogP contribution in [0.15, 0.2) is 30.4 Å². The normalized spacial score (nSPS) is 13.1. The number of hydrogen-bond donors (Lipinski definition) is 2. The molecule has 0 spiro atoms. The molecule has 0 aliphatic rings. The van der Waals surface area contributed by atoms with Crippen molar-refractivity contribution in [1.82, 2.24) is 5.32 Å². The number of ether oxygens (including phenoxy) is 1. The summed E-state index contributed by atoms with van der Waals surface area (Å²) >= 11 is 6.13. The predicted octanol–water partition coefficient (Wildman–Crippen LogP) is 4.16. The van der Waals surface area contributed by atoms with Crippen LogP contribution in [0, 0.1) is 0 Å². The molecule has 0 saturated heterocycles. The summed E-state index contributed by atoms with van der Waals surface area (Å²) in [5.74, 6) is -0.550. The van der Waals surface area contributed by atoms with Crippen LogP contribution >= 0.6 is 11.6 Å². The van der Waals surface area contributed by atoms with Gasteiger partial charge < -0.3 is 15.2 Å². The first-order valence-corrected chi connectivity index (χ1v) is 8.63. The minimum Gasteiger partial charge on any atom is -0.481 e. The maximum Gasteiger partial charge on any atom is 0.328 e. The van der Waals surface area contributed by atoms with Gasteiger partial charge in [-0.2, -0.15) is 0 Å². The largest absolute Gasteiger partial charge is 0.481 e. The van der Waals surface area contributed by atoms with Gasteiger partial charge in [-0.25, -0.2) is 4.79 Å². The van der Waals surface area contributed by atoms with Crippen LogP contribution in [0.5, 0.6) is 5.75 Å². The molecule has 1 amide bonds. The van der Waals surface area contributed by atoms with Crippen molar-refractivity contribution >= 4 is 23.5 Å². The second kappa shape index (κ2) is 8.90. The van der Waals surface area contributed by atoms with Gasteiger partial charge in [-0.3, -0.25) is 4.79 Å². The van der Waals surface area contributed by atoms with Gasteiger partial charge in [0.05, 0.1) is 5.54 Å². The molecule has 0 aromatic heterocycles. The number of benzene rings is 1. The minimum atomic E-state index is -1.06. The predicted molar refractivity (Wildman–Crippen MR) is 99.2 cm³/mol. The maximum absolute atomic E-state index is 12.5. The molecule has 138 valence electrons. The summed E-state index contributed by atoms with van der Waals surface area (Å²) in [4.78, 5) is 23.1. The van der Waals surface area contributed by atoms with Crippen LogP contribution in [-0.2, 0) is 9.59 Å². The standard InChI is InChI=1S/C19H26ClNO4/c1-6-16(18(24)21-19(4,5)8-7-17(22)23)25-15-10-13(12(2)3)9-14(20)11-15/h7-12,16H,6H2,1-5H3,(H,21,24)(H,22,23)/b8-7+. The smallest absolute Gasteiger partial charge is 0.328 e. The second-order valence-corrected chi connectivity index (χ2v) is 7.21. The lowest BCUT2D eigenvalue weighted by Crippen LogP contribution is -2.48. The number of carbonyl (C=O) groups excluding carboxylic acids is 1. The van der Waals surface area contributed by atoms with Crippen LogP contribution in [0.3, 0.4) is 0 Å². The molecule has 2 N–H and O–H groups in total. The lowest BCUT2D eigenvalue weighted by Gasteiger charge is -2.26. The Labute approximate surface area is 154 Å². The highest BCUT2D eigenvalue weighted by Gasteiger charge is 2.25. The van der Waals surface area contributed by atoms with Crippen molar-refractivity contribution in [2.45, 2.75) is 58.6 Å². The molecular formula is C19H26ClNO4. The zero-order valence-electron chi connectivity index (χ0n) is 15.3. The summed E-state index contributed by atoms with van der Waals surface area (Å²) in [6.07, 6.45) is 2.20. The topological polar surface area (TPSA) is 75.6 Å². The molecule has 1 aromatic rings. The van der Waals surface area contributed by atoms with Crippen molar-refractivity contribution in [3.05, 3.63) is 40.9 Å². The van der Waals surface area contributed by atoms with Crippen molar-refractivity contribution < 1.29 is 19.4 Å². The Morgan fingerprint density at radius 3 is 2.48 bits per heavy atom. The Hall–Kier alpha value is -2.01. The first kappa shape index (κ1) is 21.0. The third-order valence-electron chi connectivity index (χ3n) is 3.59. The summed E-state index contributed by atoms with van der Waals surface area (Å²) in [5, 5.41) is 12.1. The highest BCUT2D eigenvalue weighted by atomic mass is 35.5. The summed E-state index contributed by atoms with van der Waals surface area (Å²) in [6.45, 7) is 9.38. The lowest BCUT2D eigenvalue weighted by atomic mass is 10.0. The molecule has 5 nitrogen and oxygen atoms in total. The number of carboxylic acid groups (broad SMARTS) is 1. The Morgan fingerprint density at radius 2 is 1.96 bits per heavy atom. The zero-order valence-corrected chi connectivity index (χ0v) is 16.1. The van der Waals surface area contributed by atoms with Gasteiger partial charge in [-0.05, 0) is 49.9 Å². The summed E-state index contributed by atoms with van der Waals surface area (Å²) in [5.41, 5.74) is 0.228. The number of nitrogens with one attached hydrogen (secondary N) is 1. The molecule has 0 radical (unpaired) electrons. The average Bonchev–Trinajstić information content (AvgIpc) is 2.49. The molecule has 1 rings (SSSR count). The second-order valence-electron chi connectivity index (χ2n) is 6.77. The number of halogens is 1. The van der Waals surface area contributed by atoms with Gasteiger partial charge in [-0.15, -0.1) is 0 Å². The van der Waals surface area contributed by atoms with Crippen LogP contribution < -0.4 is 10.1 Å². The van der Waals surface area contributed by atoms with E-state index in [2.05, 4.69) is 19.2 Å². The Balaban J connectivity index is 2.89. The van der Waals surface area contributed by atoms with Gasteiger partial charge in [0.1, 0.15) is 5.75 Å². The first-order valence-electron chi connectivity index (χ1n) is 8.25. The van der Waals surface area contributed by atoms with Crippen molar-refractivity contribution in [1.29, 1.82) is 0 Å². The number of rotatable bonds is 8. The van der Waals surface area contributed by atoms with E-state index in [1.165, 1.54) is 6.08 Å². The van der Waals surface area contributed by atoms with Crippen molar-refractivity contribution in [2.75, 3.05) is 0 Å². The quantitative estimate of drug-likeness (QED) is 0.676. The van der Waals surface area contributed by atoms with E-state index >= 15 is 0 Å². The van der Waals surface area contributed by atoms with Gasteiger partial charge in [0, 0.05) is 11.1 Å². The highest BCUT2D eigenvalue weighted by Crippen LogP contribution is 2.27. The minimum absolute atomic E-state index is 0.287. The van der Waals surface area contributed by atoms with Gasteiger partial charge in [-0.1, -0.05) is 38.4 Å². The van der Waals surface area contributed by atoms with Crippen LogP contribution in [0.25, 0.3) is 0 Å². The molecular weight excluding hydrogens is 342 g/mol. The third-order valence-corrected chi connectivity index (χ3v) is 3.81. The number of hydrogen-bond acceptors (Lipinski definition) is 3. The van der Waals surface area contributed by atoms with E-state index in [1.54, 1.807) is 19.9 Å². The monoisotopic (exact) mass is 367 g/mol. The van der Waals surface area contributed by atoms with E-state index in [-0.39, 0.29) is 11.8 Å². The van der Waals surface area contributed by atoms with Gasteiger partial charge in [0.2, 0.25) is 0 Å². The lowest BCUT2D eigenvalue weighted by molar-refractivity contribution is -0.132. The van der Waals surface area contributed by atoms with E-state index in [0.717, 1.165) is 11.6 Å². The van der Waals surface area contributed by atoms with Gasteiger partial charge in [0.15, 0.2) is 6.10 Å². The number of amides is 1. The first-order chi connectivity index (χ1) is 11.5. The molecule has 0 fully saturated rings. The van der Waals surface area contributed by atoms with E-state index in [4.69, 9.17) is 21.4 Å². The zero-order chi connectivity index (χ0) is 19.2. The fourth-order valence-corrected chi connectivity index (χ4v) is 2.43. The maximum atomic E-state index is 12.5. The van der Waals surface area contributed by atoms with Gasteiger partial charge >= 0.3 is 5.97 Å². The van der Waals surface area contributed by atoms with Crippen molar-refractivity contribution in [2.24, 2.45) is 0 Å². The molecule has 0 aliphatic carbocycles. The van der Waals surface area contributed by atoms with Crippen LogP contribution in [0.2, 0.25) is 5.02 Å². The molecule has 1 aromatic carbocycles. The summed E-state index contributed by atoms with van der Waals surface area (Å²) in [6, 6.07) is 5.43. The molecule has 0 bridgehead atoms. The molecule has 0 heterocycles. The van der Waals surface area contributed by atoms with Gasteiger partial charge in [0.25, 0.3) is 5.91 Å². The number of carboxylic acids is 1. The van der Waals surface area contributed by atoms with E-state index in [9.17, 15) is 9.59 Å². The fourth-order valence-electron chi connectivity index (χ4n) is 2.19. The molecule has 1 unspecified atom stereocenters. The summed E-state index contributed by atoms with van der Waals surface area (Å²) < 4.78 is 5.83. The SMILES string of the molecule is CCC(Oc1cc(Cl)cc(C(C)C)c1)C(=O)NC(C)(C)/C=C/C(=O)O.